The SMILES string of the molecule is CCCCCCC/C=C\C/C=C\CCCCCCCCCCCC(=O)NC(COP(=O)(O)OCC[N+](C)(C)C)C(O)/C=C/CC/C=C/CC/C=C/CCCCCCCCCCCCCCCCCC. The zero-order valence-electron chi connectivity index (χ0n) is 46.0. The number of phosphoric ester groups is 1. The smallest absolute Gasteiger partial charge is 0.387 e. The van der Waals surface area contributed by atoms with Crippen molar-refractivity contribution in [3.05, 3.63) is 60.8 Å². The van der Waals surface area contributed by atoms with Crippen LogP contribution in [0.2, 0.25) is 0 Å². The van der Waals surface area contributed by atoms with Crippen LogP contribution < -0.4 is 5.32 Å². The molecule has 0 aliphatic carbocycles. The number of hydrogen-bond acceptors (Lipinski definition) is 5. The summed E-state index contributed by atoms with van der Waals surface area (Å²) in [5, 5.41) is 13.9. The van der Waals surface area contributed by atoms with Gasteiger partial charge in [-0.05, 0) is 77.0 Å². The predicted octanol–water partition coefficient (Wildman–Crippen LogP) is 17.7. The second kappa shape index (κ2) is 51.1. The monoisotopic (exact) mass is 990 g/mol. The second-order valence-corrected chi connectivity index (χ2v) is 22.4. The third kappa shape index (κ3) is 53.8. The lowest BCUT2D eigenvalue weighted by Crippen LogP contribution is -2.45. The summed E-state index contributed by atoms with van der Waals surface area (Å²) in [4.78, 5) is 23.3. The average Bonchev–Trinajstić information content (AvgIpc) is 3.31. The predicted molar refractivity (Wildman–Crippen MR) is 300 cm³/mol. The number of aliphatic hydroxyl groups is 1. The number of carbonyl (C=O) groups is 1. The van der Waals surface area contributed by atoms with Gasteiger partial charge in [0.25, 0.3) is 0 Å². The van der Waals surface area contributed by atoms with Crippen LogP contribution in [0.3, 0.4) is 0 Å². The zero-order chi connectivity index (χ0) is 50.6. The van der Waals surface area contributed by atoms with Crippen molar-refractivity contribution in [1.82, 2.24) is 5.32 Å². The Hall–Kier alpha value is -1.80. The molecule has 0 saturated heterocycles. The summed E-state index contributed by atoms with van der Waals surface area (Å²) in [5.41, 5.74) is 0. The molecular weight excluding hydrogens is 876 g/mol. The van der Waals surface area contributed by atoms with E-state index in [2.05, 4.69) is 67.8 Å². The van der Waals surface area contributed by atoms with Crippen LogP contribution in [0.5, 0.6) is 0 Å². The van der Waals surface area contributed by atoms with Crippen LogP contribution in [0.15, 0.2) is 60.8 Å². The molecule has 0 aromatic carbocycles. The standard InChI is InChI=1S/C60H113N2O6P/c1-6-8-10-12-14-16-18-20-22-24-26-28-29-30-31-32-34-35-37-39-41-43-45-47-49-51-53-59(63)58(57-68-69(65,66)67-56-55-62(3,4)5)61-60(64)54-52-50-48-46-44-42-40-38-36-33-27-25-23-21-19-17-15-13-11-9-7-2/h19,21,25,27,35,37,43,45,51,53,58-59,63H,6-18,20,22-24,26,28-34,36,38-42,44,46-50,52,54-57H2,1-5H3,(H-,61,64,65,66)/p+1/b21-19-,27-25-,37-35+,45-43+,53-51+. The van der Waals surface area contributed by atoms with Crippen molar-refractivity contribution in [2.45, 2.75) is 276 Å². The Kier molecular flexibility index (Phi) is 49.8. The van der Waals surface area contributed by atoms with Gasteiger partial charge >= 0.3 is 7.82 Å². The van der Waals surface area contributed by atoms with Crippen LogP contribution in [0.25, 0.3) is 0 Å². The Morgan fingerprint density at radius 2 is 0.841 bits per heavy atom. The fourth-order valence-corrected chi connectivity index (χ4v) is 9.08. The maximum absolute atomic E-state index is 13.0. The first-order valence-corrected chi connectivity index (χ1v) is 30.7. The molecular formula is C60H114N2O6P+. The number of quaternary nitrogens is 1. The minimum absolute atomic E-state index is 0.0510. The van der Waals surface area contributed by atoms with Gasteiger partial charge in [0.2, 0.25) is 5.91 Å². The Morgan fingerprint density at radius 1 is 0.493 bits per heavy atom. The number of carbonyl (C=O) groups excluding carboxylic acids is 1. The molecule has 0 aromatic heterocycles. The molecule has 0 aromatic rings. The Morgan fingerprint density at radius 3 is 1.25 bits per heavy atom. The molecule has 0 fully saturated rings. The number of amides is 1. The third-order valence-electron chi connectivity index (χ3n) is 12.9. The first-order chi connectivity index (χ1) is 33.5. The number of likely N-dealkylation sites (N-methyl/N-ethyl adjacent to an activating group) is 1. The summed E-state index contributed by atoms with van der Waals surface area (Å²) < 4.78 is 23.7. The lowest BCUT2D eigenvalue weighted by molar-refractivity contribution is -0.870. The highest BCUT2D eigenvalue weighted by molar-refractivity contribution is 7.47. The highest BCUT2D eigenvalue weighted by atomic mass is 31.2. The van der Waals surface area contributed by atoms with Crippen molar-refractivity contribution in [3.8, 4) is 0 Å². The number of nitrogens with one attached hydrogen (secondary N) is 1. The highest BCUT2D eigenvalue weighted by Gasteiger charge is 2.27. The molecule has 9 heteroatoms. The van der Waals surface area contributed by atoms with Crippen LogP contribution >= 0.6 is 7.82 Å². The van der Waals surface area contributed by atoms with Gasteiger partial charge in [-0.3, -0.25) is 13.8 Å². The van der Waals surface area contributed by atoms with Gasteiger partial charge in [-0.1, -0.05) is 242 Å². The van der Waals surface area contributed by atoms with E-state index >= 15 is 0 Å². The molecule has 69 heavy (non-hydrogen) atoms. The fraction of sp³-hybridized carbons (Fsp3) is 0.817. The van der Waals surface area contributed by atoms with Crippen molar-refractivity contribution in [1.29, 1.82) is 0 Å². The van der Waals surface area contributed by atoms with Gasteiger partial charge in [0.05, 0.1) is 39.9 Å². The van der Waals surface area contributed by atoms with Crippen LogP contribution in [0, 0.1) is 0 Å². The summed E-state index contributed by atoms with van der Waals surface area (Å²) in [6, 6.07) is -0.875. The van der Waals surface area contributed by atoms with E-state index < -0.39 is 20.0 Å². The van der Waals surface area contributed by atoms with E-state index in [-0.39, 0.29) is 19.1 Å². The van der Waals surface area contributed by atoms with E-state index in [4.69, 9.17) is 9.05 Å². The number of unbranched alkanes of at least 4 members (excludes halogenated alkanes) is 32. The molecule has 0 aliphatic heterocycles. The van der Waals surface area contributed by atoms with Gasteiger partial charge in [-0.2, -0.15) is 0 Å². The molecule has 0 heterocycles. The molecule has 0 bridgehead atoms. The molecule has 8 nitrogen and oxygen atoms in total. The number of phosphoric acid groups is 1. The maximum Gasteiger partial charge on any atom is 0.472 e. The van der Waals surface area contributed by atoms with E-state index in [0.717, 1.165) is 51.4 Å². The van der Waals surface area contributed by atoms with Gasteiger partial charge in [0.15, 0.2) is 0 Å². The number of aliphatic hydroxyl groups excluding tert-OH is 1. The first-order valence-electron chi connectivity index (χ1n) is 29.2. The minimum atomic E-state index is -4.36. The van der Waals surface area contributed by atoms with Crippen molar-refractivity contribution < 1.29 is 32.9 Å². The molecule has 1 amide bonds. The van der Waals surface area contributed by atoms with Crippen molar-refractivity contribution in [2.24, 2.45) is 0 Å². The molecule has 0 rings (SSSR count). The average molecular weight is 991 g/mol. The zero-order valence-corrected chi connectivity index (χ0v) is 46.9. The minimum Gasteiger partial charge on any atom is -0.387 e. The molecule has 0 aliphatic rings. The summed E-state index contributed by atoms with van der Waals surface area (Å²) in [6.45, 7) is 4.79. The topological polar surface area (TPSA) is 105 Å². The van der Waals surface area contributed by atoms with E-state index in [1.165, 1.54) is 193 Å². The van der Waals surface area contributed by atoms with E-state index in [1.54, 1.807) is 6.08 Å². The lowest BCUT2D eigenvalue weighted by atomic mass is 10.0. The van der Waals surface area contributed by atoms with Crippen molar-refractivity contribution in [3.63, 3.8) is 0 Å². The van der Waals surface area contributed by atoms with Crippen LogP contribution in [-0.4, -0.2) is 73.4 Å². The molecule has 3 N–H and O–H groups in total. The molecule has 0 saturated carbocycles. The van der Waals surface area contributed by atoms with Crippen LogP contribution in [0.1, 0.15) is 264 Å². The summed E-state index contributed by atoms with van der Waals surface area (Å²) in [5.74, 6) is -0.195. The van der Waals surface area contributed by atoms with Gasteiger partial charge < -0.3 is 19.8 Å². The van der Waals surface area contributed by atoms with E-state index in [0.29, 0.717) is 17.4 Å². The van der Waals surface area contributed by atoms with Gasteiger partial charge in [-0.25, -0.2) is 4.57 Å². The Labute approximate surface area is 428 Å². The molecule has 3 unspecified atom stereocenters. The van der Waals surface area contributed by atoms with Crippen LogP contribution in [0.4, 0.5) is 0 Å². The van der Waals surface area contributed by atoms with E-state index in [1.807, 2.05) is 27.2 Å². The Balaban J connectivity index is 4.30. The first kappa shape index (κ1) is 67.2. The van der Waals surface area contributed by atoms with Crippen LogP contribution in [-0.2, 0) is 18.4 Å². The summed E-state index contributed by atoms with van der Waals surface area (Å²) >= 11 is 0. The Bertz CT molecular complexity index is 1310. The maximum atomic E-state index is 13.0. The van der Waals surface area contributed by atoms with Gasteiger partial charge in [0.1, 0.15) is 13.2 Å². The fourth-order valence-electron chi connectivity index (χ4n) is 8.34. The number of allylic oxidation sites excluding steroid dienone is 9. The molecule has 0 spiro atoms. The van der Waals surface area contributed by atoms with Gasteiger partial charge in [0, 0.05) is 6.42 Å². The van der Waals surface area contributed by atoms with Gasteiger partial charge in [-0.15, -0.1) is 0 Å². The summed E-state index contributed by atoms with van der Waals surface area (Å²) in [6.07, 6.45) is 69.0. The highest BCUT2D eigenvalue weighted by Crippen LogP contribution is 2.43. The second-order valence-electron chi connectivity index (χ2n) is 21.0. The quantitative estimate of drug-likeness (QED) is 0.0243. The number of hydrogen-bond donors (Lipinski definition) is 3. The van der Waals surface area contributed by atoms with Crippen molar-refractivity contribution >= 4 is 13.7 Å². The lowest BCUT2D eigenvalue weighted by Gasteiger charge is -2.25. The molecule has 404 valence electrons. The third-order valence-corrected chi connectivity index (χ3v) is 13.9. The van der Waals surface area contributed by atoms with E-state index in [9.17, 15) is 19.4 Å². The summed E-state index contributed by atoms with van der Waals surface area (Å²) in [7, 11) is 1.54. The number of nitrogens with zero attached hydrogens (tertiary/aromatic N) is 1. The number of rotatable bonds is 53. The molecule has 0 radical (unpaired) electrons. The largest absolute Gasteiger partial charge is 0.472 e. The normalized spacial score (nSPS) is 14.4. The van der Waals surface area contributed by atoms with Crippen molar-refractivity contribution in [2.75, 3.05) is 40.9 Å². The molecule has 3 atom stereocenters.